The normalized spacial score (nSPS) is 10.8. The molecule has 1 amide bonds. The molecular formula is C13H18N4O2. The number of aromatic nitrogens is 2. The minimum absolute atomic E-state index is 0.142. The summed E-state index contributed by atoms with van der Waals surface area (Å²) in [5.74, 6) is -0.142. The van der Waals surface area contributed by atoms with Crippen molar-refractivity contribution in [2.45, 2.75) is 6.92 Å². The number of nitrogens with two attached hydrogens (primary N) is 1. The van der Waals surface area contributed by atoms with E-state index < -0.39 is 0 Å². The quantitative estimate of drug-likeness (QED) is 0.627. The zero-order valence-electron chi connectivity index (χ0n) is 11.1. The lowest BCUT2D eigenvalue weighted by atomic mass is 10.2. The number of carbonyl (C=O) groups is 1. The Morgan fingerprint density at radius 1 is 1.53 bits per heavy atom. The SMILES string of the molecule is CCOCCN(C)C(=O)c1n[nH]c2ccc(N)cc12. The molecule has 19 heavy (non-hydrogen) atoms. The molecule has 0 aliphatic carbocycles. The Kier molecular flexibility index (Phi) is 4.01. The number of fused-ring (bicyclic) bond motifs is 1. The van der Waals surface area contributed by atoms with E-state index in [1.807, 2.05) is 13.0 Å². The number of anilines is 1. The van der Waals surface area contributed by atoms with E-state index in [0.29, 0.717) is 31.1 Å². The van der Waals surface area contributed by atoms with Gasteiger partial charge in [0.25, 0.3) is 5.91 Å². The van der Waals surface area contributed by atoms with E-state index in [1.165, 1.54) is 0 Å². The molecule has 0 unspecified atom stereocenters. The Hall–Kier alpha value is -2.08. The standard InChI is InChI=1S/C13H18N4O2/c1-3-19-7-6-17(2)13(18)12-10-8-9(14)4-5-11(10)15-16-12/h4-5,8H,3,6-7,14H2,1-2H3,(H,15,16). The average molecular weight is 262 g/mol. The highest BCUT2D eigenvalue weighted by Gasteiger charge is 2.18. The fourth-order valence-corrected chi connectivity index (χ4v) is 1.82. The molecule has 0 atom stereocenters. The first-order valence-electron chi connectivity index (χ1n) is 6.20. The van der Waals surface area contributed by atoms with Crippen molar-refractivity contribution in [1.82, 2.24) is 15.1 Å². The van der Waals surface area contributed by atoms with Gasteiger partial charge in [-0.15, -0.1) is 0 Å². The van der Waals surface area contributed by atoms with Crippen molar-refractivity contribution in [3.8, 4) is 0 Å². The van der Waals surface area contributed by atoms with Crippen molar-refractivity contribution in [2.75, 3.05) is 32.5 Å². The molecular weight excluding hydrogens is 244 g/mol. The van der Waals surface area contributed by atoms with E-state index >= 15 is 0 Å². The lowest BCUT2D eigenvalue weighted by Gasteiger charge is -2.15. The van der Waals surface area contributed by atoms with E-state index in [-0.39, 0.29) is 5.91 Å². The van der Waals surface area contributed by atoms with Gasteiger partial charge in [-0.1, -0.05) is 0 Å². The van der Waals surface area contributed by atoms with Gasteiger partial charge >= 0.3 is 0 Å². The third kappa shape index (κ3) is 2.85. The van der Waals surface area contributed by atoms with Gasteiger partial charge in [-0.25, -0.2) is 0 Å². The van der Waals surface area contributed by atoms with Crippen LogP contribution >= 0.6 is 0 Å². The van der Waals surface area contributed by atoms with Crippen LogP contribution in [0.5, 0.6) is 0 Å². The van der Waals surface area contributed by atoms with Gasteiger partial charge < -0.3 is 15.4 Å². The fourth-order valence-electron chi connectivity index (χ4n) is 1.82. The Labute approximate surface area is 111 Å². The molecule has 2 rings (SSSR count). The maximum Gasteiger partial charge on any atom is 0.274 e. The van der Waals surface area contributed by atoms with Crippen molar-refractivity contribution >= 4 is 22.5 Å². The third-order valence-electron chi connectivity index (χ3n) is 2.91. The summed E-state index contributed by atoms with van der Waals surface area (Å²) in [6, 6.07) is 5.34. The van der Waals surface area contributed by atoms with Crippen LogP contribution < -0.4 is 5.73 Å². The van der Waals surface area contributed by atoms with Crippen molar-refractivity contribution in [3.63, 3.8) is 0 Å². The number of amides is 1. The minimum atomic E-state index is -0.142. The summed E-state index contributed by atoms with van der Waals surface area (Å²) in [6.45, 7) is 3.61. The number of nitrogens with one attached hydrogen (secondary N) is 1. The minimum Gasteiger partial charge on any atom is -0.399 e. The van der Waals surface area contributed by atoms with E-state index in [9.17, 15) is 4.79 Å². The molecule has 3 N–H and O–H groups in total. The molecule has 1 heterocycles. The van der Waals surface area contributed by atoms with Crippen molar-refractivity contribution in [3.05, 3.63) is 23.9 Å². The predicted molar refractivity (Wildman–Crippen MR) is 74.0 cm³/mol. The van der Waals surface area contributed by atoms with Crippen molar-refractivity contribution in [2.24, 2.45) is 0 Å². The molecule has 0 saturated carbocycles. The van der Waals surface area contributed by atoms with Crippen LogP contribution in [-0.2, 0) is 4.74 Å². The lowest BCUT2D eigenvalue weighted by Crippen LogP contribution is -2.30. The molecule has 1 aromatic carbocycles. The number of nitrogens with zero attached hydrogens (tertiary/aromatic N) is 2. The monoisotopic (exact) mass is 262 g/mol. The number of aromatic amines is 1. The molecule has 0 aliphatic heterocycles. The van der Waals surface area contributed by atoms with Gasteiger partial charge in [0, 0.05) is 31.3 Å². The van der Waals surface area contributed by atoms with Gasteiger partial charge in [0.15, 0.2) is 5.69 Å². The number of likely N-dealkylation sites (N-methyl/N-ethyl adjacent to an activating group) is 1. The number of rotatable bonds is 5. The number of nitrogen functional groups attached to an aromatic ring is 1. The molecule has 2 aromatic rings. The van der Waals surface area contributed by atoms with Crippen LogP contribution in [0.3, 0.4) is 0 Å². The summed E-state index contributed by atoms with van der Waals surface area (Å²) in [5, 5.41) is 7.65. The lowest BCUT2D eigenvalue weighted by molar-refractivity contribution is 0.0706. The Bertz CT molecular complexity index is 579. The summed E-state index contributed by atoms with van der Waals surface area (Å²) in [6.07, 6.45) is 0. The van der Waals surface area contributed by atoms with Gasteiger partial charge in [0.05, 0.1) is 12.1 Å². The first-order valence-corrected chi connectivity index (χ1v) is 6.20. The number of hydrogen-bond acceptors (Lipinski definition) is 4. The van der Waals surface area contributed by atoms with Gasteiger partial charge in [-0.05, 0) is 25.1 Å². The topological polar surface area (TPSA) is 84.2 Å². The first kappa shape index (κ1) is 13.4. The van der Waals surface area contributed by atoms with Crippen LogP contribution in [0.15, 0.2) is 18.2 Å². The van der Waals surface area contributed by atoms with Crippen LogP contribution in [-0.4, -0.2) is 47.8 Å². The summed E-state index contributed by atoms with van der Waals surface area (Å²) in [4.78, 5) is 13.9. The van der Waals surface area contributed by atoms with Gasteiger partial charge in [0.2, 0.25) is 0 Å². The van der Waals surface area contributed by atoms with Crippen LogP contribution in [0.4, 0.5) is 5.69 Å². The summed E-state index contributed by atoms with van der Waals surface area (Å²) in [7, 11) is 1.73. The van der Waals surface area contributed by atoms with Gasteiger partial charge in [-0.3, -0.25) is 9.89 Å². The highest BCUT2D eigenvalue weighted by molar-refractivity contribution is 6.05. The maximum atomic E-state index is 12.3. The van der Waals surface area contributed by atoms with E-state index in [2.05, 4.69) is 10.2 Å². The number of H-pyrrole nitrogens is 1. The Morgan fingerprint density at radius 2 is 2.32 bits per heavy atom. The Morgan fingerprint density at radius 3 is 3.05 bits per heavy atom. The van der Waals surface area contributed by atoms with Crippen LogP contribution in [0.25, 0.3) is 10.9 Å². The second-order valence-corrected chi connectivity index (χ2v) is 4.30. The molecule has 0 radical (unpaired) electrons. The molecule has 0 spiro atoms. The van der Waals surface area contributed by atoms with E-state index in [1.54, 1.807) is 24.1 Å². The van der Waals surface area contributed by atoms with E-state index in [4.69, 9.17) is 10.5 Å². The van der Waals surface area contributed by atoms with E-state index in [0.717, 1.165) is 10.9 Å². The second kappa shape index (κ2) is 5.71. The van der Waals surface area contributed by atoms with Gasteiger partial charge in [0.1, 0.15) is 0 Å². The second-order valence-electron chi connectivity index (χ2n) is 4.30. The highest BCUT2D eigenvalue weighted by atomic mass is 16.5. The number of hydrogen-bond donors (Lipinski definition) is 2. The molecule has 0 fully saturated rings. The zero-order valence-corrected chi connectivity index (χ0v) is 11.1. The number of ether oxygens (including phenoxy) is 1. The summed E-state index contributed by atoms with van der Waals surface area (Å²) >= 11 is 0. The molecule has 6 heteroatoms. The molecule has 1 aromatic heterocycles. The molecule has 6 nitrogen and oxygen atoms in total. The summed E-state index contributed by atoms with van der Waals surface area (Å²) < 4.78 is 5.24. The molecule has 102 valence electrons. The average Bonchev–Trinajstić information content (AvgIpc) is 2.80. The maximum absolute atomic E-state index is 12.3. The first-order chi connectivity index (χ1) is 9.13. The number of benzene rings is 1. The van der Waals surface area contributed by atoms with Crippen LogP contribution in [0, 0.1) is 0 Å². The largest absolute Gasteiger partial charge is 0.399 e. The number of carbonyl (C=O) groups excluding carboxylic acids is 1. The summed E-state index contributed by atoms with van der Waals surface area (Å²) in [5.41, 5.74) is 7.54. The highest BCUT2D eigenvalue weighted by Crippen LogP contribution is 2.19. The van der Waals surface area contributed by atoms with Crippen molar-refractivity contribution in [1.29, 1.82) is 0 Å². The molecule has 0 aliphatic rings. The zero-order chi connectivity index (χ0) is 13.8. The molecule has 0 bridgehead atoms. The predicted octanol–water partition coefficient (Wildman–Crippen LogP) is 1.25. The molecule has 0 saturated heterocycles. The van der Waals surface area contributed by atoms with Gasteiger partial charge in [-0.2, -0.15) is 5.10 Å². The third-order valence-corrected chi connectivity index (χ3v) is 2.91. The van der Waals surface area contributed by atoms with Crippen molar-refractivity contribution < 1.29 is 9.53 Å². The fraction of sp³-hybridized carbons (Fsp3) is 0.385. The smallest absolute Gasteiger partial charge is 0.274 e. The van der Waals surface area contributed by atoms with Crippen LogP contribution in [0.1, 0.15) is 17.4 Å². The van der Waals surface area contributed by atoms with Crippen LogP contribution in [0.2, 0.25) is 0 Å². The Balaban J connectivity index is 2.19.